The molecule has 0 amide bonds. The molecule has 0 aromatic rings. The lowest BCUT2D eigenvalue weighted by molar-refractivity contribution is 0.197. The first kappa shape index (κ1) is 11.7. The molecule has 0 radical (unpaired) electrons. The van der Waals surface area contributed by atoms with Gasteiger partial charge in [0.05, 0.1) is 0 Å². The van der Waals surface area contributed by atoms with Gasteiger partial charge >= 0.3 is 0 Å². The highest BCUT2D eigenvalue weighted by Gasteiger charge is 2.23. The van der Waals surface area contributed by atoms with Crippen LogP contribution >= 0.6 is 0 Å². The van der Waals surface area contributed by atoms with Gasteiger partial charge in [-0.2, -0.15) is 0 Å². The Balaban J connectivity index is 2.47. The molecule has 0 fully saturated rings. The fourth-order valence-corrected chi connectivity index (χ4v) is 2.31. The van der Waals surface area contributed by atoms with E-state index in [1.54, 1.807) is 0 Å². The van der Waals surface area contributed by atoms with Crippen LogP contribution in [0.4, 0.5) is 0 Å². The summed E-state index contributed by atoms with van der Waals surface area (Å²) in [6, 6.07) is 0. The van der Waals surface area contributed by atoms with Crippen LogP contribution in [0, 0.1) is 11.8 Å². The van der Waals surface area contributed by atoms with Crippen LogP contribution in [0.25, 0.3) is 0 Å². The van der Waals surface area contributed by atoms with Gasteiger partial charge in [-0.3, -0.25) is 0 Å². The average molecular weight is 196 g/mol. The average Bonchev–Trinajstić information content (AvgIpc) is 2.06. The van der Waals surface area contributed by atoms with E-state index >= 15 is 0 Å². The largest absolute Gasteiger partial charge is 0.309 e. The van der Waals surface area contributed by atoms with Gasteiger partial charge in [-0.25, -0.2) is 0 Å². The molecular weight excluding hydrogens is 172 g/mol. The first-order chi connectivity index (χ1) is 6.59. The van der Waals surface area contributed by atoms with Crippen molar-refractivity contribution in [3.05, 3.63) is 12.2 Å². The van der Waals surface area contributed by atoms with Crippen molar-refractivity contribution >= 4 is 0 Å². The SMILES string of the molecule is CN(C)C[C@H]1CC=CC[C@@H]1CN(C)C. The molecule has 14 heavy (non-hydrogen) atoms. The topological polar surface area (TPSA) is 6.48 Å². The number of rotatable bonds is 4. The smallest absolute Gasteiger partial charge is 0.000976 e. The van der Waals surface area contributed by atoms with E-state index in [2.05, 4.69) is 50.1 Å². The van der Waals surface area contributed by atoms with Crippen LogP contribution in [-0.4, -0.2) is 51.1 Å². The molecule has 0 saturated carbocycles. The zero-order valence-corrected chi connectivity index (χ0v) is 10.0. The van der Waals surface area contributed by atoms with Crippen LogP contribution in [0.3, 0.4) is 0 Å². The molecule has 1 aliphatic rings. The van der Waals surface area contributed by atoms with Crippen molar-refractivity contribution in [2.45, 2.75) is 12.8 Å². The molecule has 0 aromatic heterocycles. The van der Waals surface area contributed by atoms with Crippen molar-refractivity contribution in [1.29, 1.82) is 0 Å². The zero-order valence-electron chi connectivity index (χ0n) is 10.0. The summed E-state index contributed by atoms with van der Waals surface area (Å²) in [5, 5.41) is 0. The second-order valence-electron chi connectivity index (χ2n) is 4.99. The molecule has 2 atom stereocenters. The van der Waals surface area contributed by atoms with Gasteiger partial charge in [0.15, 0.2) is 0 Å². The monoisotopic (exact) mass is 196 g/mol. The number of nitrogens with zero attached hydrogens (tertiary/aromatic N) is 2. The summed E-state index contributed by atoms with van der Waals surface area (Å²) in [5.41, 5.74) is 0. The molecular formula is C12H24N2. The van der Waals surface area contributed by atoms with E-state index in [-0.39, 0.29) is 0 Å². The summed E-state index contributed by atoms with van der Waals surface area (Å²) in [7, 11) is 8.69. The highest BCUT2D eigenvalue weighted by Crippen LogP contribution is 2.26. The van der Waals surface area contributed by atoms with Crippen LogP contribution in [-0.2, 0) is 0 Å². The van der Waals surface area contributed by atoms with Crippen molar-refractivity contribution in [1.82, 2.24) is 9.80 Å². The Morgan fingerprint density at radius 2 is 1.21 bits per heavy atom. The number of hydrogen-bond acceptors (Lipinski definition) is 2. The molecule has 0 bridgehead atoms. The molecule has 2 heteroatoms. The second kappa shape index (κ2) is 5.52. The summed E-state index contributed by atoms with van der Waals surface area (Å²) in [4.78, 5) is 4.62. The van der Waals surface area contributed by atoms with E-state index in [9.17, 15) is 0 Å². The predicted molar refractivity (Wildman–Crippen MR) is 62.5 cm³/mol. The van der Waals surface area contributed by atoms with Crippen LogP contribution in [0.1, 0.15) is 12.8 Å². The Morgan fingerprint density at radius 3 is 1.50 bits per heavy atom. The number of allylic oxidation sites excluding steroid dienone is 2. The van der Waals surface area contributed by atoms with Gasteiger partial charge in [0, 0.05) is 13.1 Å². The lowest BCUT2D eigenvalue weighted by Gasteiger charge is -2.32. The van der Waals surface area contributed by atoms with E-state index in [0.717, 1.165) is 11.8 Å². The molecule has 0 unspecified atom stereocenters. The summed E-state index contributed by atoms with van der Waals surface area (Å²) in [5.74, 6) is 1.69. The van der Waals surface area contributed by atoms with E-state index in [1.165, 1.54) is 25.9 Å². The molecule has 0 spiro atoms. The molecule has 1 rings (SSSR count). The summed E-state index contributed by atoms with van der Waals surface area (Å²) >= 11 is 0. The quantitative estimate of drug-likeness (QED) is 0.631. The third-order valence-electron chi connectivity index (χ3n) is 2.91. The molecule has 0 N–H and O–H groups in total. The van der Waals surface area contributed by atoms with Gasteiger partial charge in [0.1, 0.15) is 0 Å². The minimum absolute atomic E-state index is 0.845. The standard InChI is InChI=1S/C12H24N2/c1-13(2)9-11-7-5-6-8-12(11)10-14(3)4/h5-6,11-12H,7-10H2,1-4H3/t11-,12-/m1/s1. The Hall–Kier alpha value is -0.340. The third kappa shape index (κ3) is 3.81. The molecule has 2 nitrogen and oxygen atoms in total. The zero-order chi connectivity index (χ0) is 10.6. The Labute approximate surface area is 88.6 Å². The van der Waals surface area contributed by atoms with Gasteiger partial charge < -0.3 is 9.80 Å². The Morgan fingerprint density at radius 1 is 0.857 bits per heavy atom. The first-order valence-corrected chi connectivity index (χ1v) is 5.54. The molecule has 0 heterocycles. The van der Waals surface area contributed by atoms with Crippen molar-refractivity contribution in [3.63, 3.8) is 0 Å². The summed E-state index contributed by atoms with van der Waals surface area (Å²) < 4.78 is 0. The maximum Gasteiger partial charge on any atom is 0.000976 e. The third-order valence-corrected chi connectivity index (χ3v) is 2.91. The van der Waals surface area contributed by atoms with Gasteiger partial charge in [-0.15, -0.1) is 0 Å². The highest BCUT2D eigenvalue weighted by atomic mass is 15.1. The molecule has 82 valence electrons. The van der Waals surface area contributed by atoms with Crippen LogP contribution < -0.4 is 0 Å². The molecule has 0 aromatic carbocycles. The van der Waals surface area contributed by atoms with Crippen LogP contribution in [0.5, 0.6) is 0 Å². The van der Waals surface area contributed by atoms with Gasteiger partial charge in [0.2, 0.25) is 0 Å². The highest BCUT2D eigenvalue weighted by molar-refractivity contribution is 4.95. The van der Waals surface area contributed by atoms with Crippen molar-refractivity contribution < 1.29 is 0 Å². The van der Waals surface area contributed by atoms with Gasteiger partial charge in [-0.05, 0) is 52.9 Å². The van der Waals surface area contributed by atoms with Crippen LogP contribution in [0.2, 0.25) is 0 Å². The van der Waals surface area contributed by atoms with Crippen molar-refractivity contribution in [2.24, 2.45) is 11.8 Å². The number of hydrogen-bond donors (Lipinski definition) is 0. The maximum atomic E-state index is 2.35. The fourth-order valence-electron chi connectivity index (χ4n) is 2.31. The second-order valence-corrected chi connectivity index (χ2v) is 4.99. The maximum absolute atomic E-state index is 2.35. The summed E-state index contributed by atoms with van der Waals surface area (Å²) in [6.07, 6.45) is 7.22. The van der Waals surface area contributed by atoms with Gasteiger partial charge in [-0.1, -0.05) is 12.2 Å². The van der Waals surface area contributed by atoms with E-state index in [0.29, 0.717) is 0 Å². The van der Waals surface area contributed by atoms with E-state index < -0.39 is 0 Å². The van der Waals surface area contributed by atoms with Crippen molar-refractivity contribution in [2.75, 3.05) is 41.3 Å². The first-order valence-electron chi connectivity index (χ1n) is 5.54. The molecule has 0 aliphatic heterocycles. The van der Waals surface area contributed by atoms with Gasteiger partial charge in [0.25, 0.3) is 0 Å². The predicted octanol–water partition coefficient (Wildman–Crippen LogP) is 1.69. The fraction of sp³-hybridized carbons (Fsp3) is 0.833. The Bertz CT molecular complexity index is 165. The minimum Gasteiger partial charge on any atom is -0.309 e. The normalized spacial score (nSPS) is 27.6. The minimum atomic E-state index is 0.845. The summed E-state index contributed by atoms with van der Waals surface area (Å²) in [6.45, 7) is 2.45. The molecule has 1 aliphatic carbocycles. The molecule has 0 saturated heterocycles. The lowest BCUT2D eigenvalue weighted by atomic mass is 9.82. The van der Waals surface area contributed by atoms with Crippen molar-refractivity contribution in [3.8, 4) is 0 Å². The van der Waals surface area contributed by atoms with E-state index in [4.69, 9.17) is 0 Å². The Kier molecular flexibility index (Phi) is 4.63. The van der Waals surface area contributed by atoms with E-state index in [1.807, 2.05) is 0 Å². The van der Waals surface area contributed by atoms with Crippen LogP contribution in [0.15, 0.2) is 12.2 Å². The lowest BCUT2D eigenvalue weighted by Crippen LogP contribution is -2.34.